The van der Waals surface area contributed by atoms with E-state index in [9.17, 15) is 4.79 Å². The Bertz CT molecular complexity index is 649. The molecule has 1 aromatic carbocycles. The minimum Gasteiger partial charge on any atom is -0.463 e. The average Bonchev–Trinajstić information content (AvgIpc) is 2.94. The van der Waals surface area contributed by atoms with Gasteiger partial charge in [0.05, 0.1) is 11.1 Å². The molecule has 0 saturated heterocycles. The Morgan fingerprint density at radius 1 is 1.43 bits per heavy atom. The highest BCUT2D eigenvalue weighted by molar-refractivity contribution is 6.06. The fourth-order valence-electron chi connectivity index (χ4n) is 3.40. The van der Waals surface area contributed by atoms with Gasteiger partial charge >= 0.3 is 0 Å². The average molecular weight is 286 g/mol. The SMILES string of the molecule is CC1CCCCC1(CN)NC(=O)c1coc2ccccc12. The Morgan fingerprint density at radius 3 is 3.00 bits per heavy atom. The smallest absolute Gasteiger partial charge is 0.255 e. The van der Waals surface area contributed by atoms with Crippen LogP contribution in [0.15, 0.2) is 34.9 Å². The molecule has 1 aromatic heterocycles. The van der Waals surface area contributed by atoms with E-state index in [1.807, 2.05) is 24.3 Å². The number of furan rings is 1. The van der Waals surface area contributed by atoms with Crippen LogP contribution in [0.3, 0.4) is 0 Å². The van der Waals surface area contributed by atoms with Gasteiger partial charge in [0.15, 0.2) is 0 Å². The molecule has 1 aliphatic carbocycles. The van der Waals surface area contributed by atoms with Crippen molar-refractivity contribution in [2.75, 3.05) is 6.54 Å². The minimum atomic E-state index is -0.284. The molecule has 4 heteroatoms. The highest BCUT2D eigenvalue weighted by Crippen LogP contribution is 2.33. The molecule has 2 aromatic rings. The fraction of sp³-hybridized carbons (Fsp3) is 0.471. The molecule has 0 spiro atoms. The summed E-state index contributed by atoms with van der Waals surface area (Å²) in [6.45, 7) is 2.66. The van der Waals surface area contributed by atoms with Crippen LogP contribution in [-0.4, -0.2) is 18.0 Å². The van der Waals surface area contributed by atoms with Crippen molar-refractivity contribution in [3.8, 4) is 0 Å². The number of carbonyl (C=O) groups is 1. The summed E-state index contributed by atoms with van der Waals surface area (Å²) in [7, 11) is 0. The molecule has 0 aliphatic heterocycles. The van der Waals surface area contributed by atoms with Gasteiger partial charge in [0.1, 0.15) is 11.8 Å². The van der Waals surface area contributed by atoms with Gasteiger partial charge in [-0.25, -0.2) is 0 Å². The molecule has 0 bridgehead atoms. The third-order valence-corrected chi connectivity index (χ3v) is 4.91. The number of fused-ring (bicyclic) bond motifs is 1. The lowest BCUT2D eigenvalue weighted by Gasteiger charge is -2.42. The van der Waals surface area contributed by atoms with E-state index < -0.39 is 0 Å². The van der Waals surface area contributed by atoms with Gasteiger partial charge in [0, 0.05) is 11.9 Å². The molecule has 3 N–H and O–H groups in total. The molecule has 3 rings (SSSR count). The molecule has 21 heavy (non-hydrogen) atoms. The van der Waals surface area contributed by atoms with Crippen molar-refractivity contribution in [1.82, 2.24) is 5.32 Å². The number of amides is 1. The number of hydrogen-bond acceptors (Lipinski definition) is 3. The Balaban J connectivity index is 1.88. The molecule has 112 valence electrons. The van der Waals surface area contributed by atoms with Gasteiger partial charge in [-0.2, -0.15) is 0 Å². The molecule has 1 aliphatic rings. The summed E-state index contributed by atoms with van der Waals surface area (Å²) in [6, 6.07) is 7.59. The molecule has 1 saturated carbocycles. The highest BCUT2D eigenvalue weighted by atomic mass is 16.3. The zero-order valence-corrected chi connectivity index (χ0v) is 12.4. The first-order valence-electron chi connectivity index (χ1n) is 7.65. The summed E-state index contributed by atoms with van der Waals surface area (Å²) in [6.07, 6.45) is 5.94. The number of nitrogens with two attached hydrogens (primary N) is 1. The molecule has 1 amide bonds. The molecular weight excluding hydrogens is 264 g/mol. The highest BCUT2D eigenvalue weighted by Gasteiger charge is 2.38. The molecule has 4 nitrogen and oxygen atoms in total. The number of benzene rings is 1. The van der Waals surface area contributed by atoms with Crippen LogP contribution in [0, 0.1) is 5.92 Å². The lowest BCUT2D eigenvalue weighted by Crippen LogP contribution is -2.59. The first kappa shape index (κ1) is 14.1. The maximum absolute atomic E-state index is 12.7. The maximum Gasteiger partial charge on any atom is 0.255 e. The van der Waals surface area contributed by atoms with Crippen LogP contribution in [0.5, 0.6) is 0 Å². The van der Waals surface area contributed by atoms with Crippen LogP contribution >= 0.6 is 0 Å². The zero-order chi connectivity index (χ0) is 14.9. The number of para-hydroxylation sites is 1. The molecule has 0 radical (unpaired) electrons. The van der Waals surface area contributed by atoms with Crippen molar-refractivity contribution >= 4 is 16.9 Å². The first-order chi connectivity index (χ1) is 10.2. The van der Waals surface area contributed by atoms with Crippen molar-refractivity contribution in [2.24, 2.45) is 11.7 Å². The normalized spacial score (nSPS) is 25.9. The van der Waals surface area contributed by atoms with Gasteiger partial charge in [0.25, 0.3) is 5.91 Å². The zero-order valence-electron chi connectivity index (χ0n) is 12.4. The van der Waals surface area contributed by atoms with Crippen molar-refractivity contribution in [2.45, 2.75) is 38.1 Å². The summed E-state index contributed by atoms with van der Waals surface area (Å²) in [5.74, 6) is 0.317. The van der Waals surface area contributed by atoms with Gasteiger partial charge in [-0.05, 0) is 24.8 Å². The van der Waals surface area contributed by atoms with Crippen LogP contribution < -0.4 is 11.1 Å². The van der Waals surface area contributed by atoms with Crippen molar-refractivity contribution < 1.29 is 9.21 Å². The third-order valence-electron chi connectivity index (χ3n) is 4.91. The predicted octanol–water partition coefficient (Wildman–Crippen LogP) is 3.07. The van der Waals surface area contributed by atoms with E-state index in [2.05, 4.69) is 12.2 Å². The summed E-state index contributed by atoms with van der Waals surface area (Å²) in [5, 5.41) is 4.05. The first-order valence-corrected chi connectivity index (χ1v) is 7.65. The summed E-state index contributed by atoms with van der Waals surface area (Å²) < 4.78 is 5.46. The van der Waals surface area contributed by atoms with Crippen LogP contribution in [0.4, 0.5) is 0 Å². The lowest BCUT2D eigenvalue weighted by molar-refractivity contribution is 0.0813. The molecule has 2 unspecified atom stereocenters. The van der Waals surface area contributed by atoms with Crippen molar-refractivity contribution in [3.63, 3.8) is 0 Å². The summed E-state index contributed by atoms with van der Waals surface area (Å²) in [4.78, 5) is 12.7. The number of hydrogen-bond donors (Lipinski definition) is 2. The van der Waals surface area contributed by atoms with Crippen molar-refractivity contribution in [1.29, 1.82) is 0 Å². The van der Waals surface area contributed by atoms with Crippen LogP contribution in [0.25, 0.3) is 11.0 Å². The number of carbonyl (C=O) groups excluding carboxylic acids is 1. The van der Waals surface area contributed by atoms with Gasteiger partial charge in [-0.15, -0.1) is 0 Å². The lowest BCUT2D eigenvalue weighted by atomic mass is 9.73. The maximum atomic E-state index is 12.7. The van der Waals surface area contributed by atoms with Gasteiger partial charge < -0.3 is 15.5 Å². The Morgan fingerprint density at radius 2 is 2.24 bits per heavy atom. The van der Waals surface area contributed by atoms with E-state index in [0.717, 1.165) is 30.2 Å². The molecule has 1 heterocycles. The Hall–Kier alpha value is -1.81. The van der Waals surface area contributed by atoms with Crippen LogP contribution in [0.2, 0.25) is 0 Å². The van der Waals surface area contributed by atoms with Gasteiger partial charge in [-0.1, -0.05) is 38.0 Å². The number of nitrogens with one attached hydrogen (secondary N) is 1. The van der Waals surface area contributed by atoms with E-state index in [-0.39, 0.29) is 11.4 Å². The monoisotopic (exact) mass is 286 g/mol. The molecule has 1 fully saturated rings. The van der Waals surface area contributed by atoms with Crippen LogP contribution in [-0.2, 0) is 0 Å². The van der Waals surface area contributed by atoms with E-state index >= 15 is 0 Å². The second-order valence-corrected chi connectivity index (χ2v) is 6.11. The topological polar surface area (TPSA) is 68.3 Å². The van der Waals surface area contributed by atoms with Crippen molar-refractivity contribution in [3.05, 3.63) is 36.1 Å². The summed E-state index contributed by atoms with van der Waals surface area (Å²) in [5.41, 5.74) is 7.05. The Kier molecular flexibility index (Phi) is 3.72. The quantitative estimate of drug-likeness (QED) is 0.911. The minimum absolute atomic E-state index is 0.0841. The number of rotatable bonds is 3. The summed E-state index contributed by atoms with van der Waals surface area (Å²) >= 11 is 0. The Labute approximate surface area is 124 Å². The fourth-order valence-corrected chi connectivity index (χ4v) is 3.40. The second kappa shape index (κ2) is 5.53. The van der Waals surface area contributed by atoms with E-state index in [1.54, 1.807) is 0 Å². The second-order valence-electron chi connectivity index (χ2n) is 6.11. The van der Waals surface area contributed by atoms with E-state index in [1.165, 1.54) is 12.7 Å². The van der Waals surface area contributed by atoms with Gasteiger partial charge in [-0.3, -0.25) is 4.79 Å². The van der Waals surface area contributed by atoms with E-state index in [0.29, 0.717) is 18.0 Å². The van der Waals surface area contributed by atoms with Crippen LogP contribution in [0.1, 0.15) is 43.0 Å². The largest absolute Gasteiger partial charge is 0.463 e. The van der Waals surface area contributed by atoms with E-state index in [4.69, 9.17) is 10.2 Å². The van der Waals surface area contributed by atoms with Gasteiger partial charge in [0.2, 0.25) is 0 Å². The standard InChI is InChI=1S/C17H22N2O2/c1-12-6-4-5-9-17(12,11-18)19-16(20)14-10-21-15-8-3-2-7-13(14)15/h2-3,7-8,10,12H,4-6,9,11,18H2,1H3,(H,19,20). The molecule has 2 atom stereocenters. The molecular formula is C17H22N2O2. The third kappa shape index (κ3) is 2.44. The predicted molar refractivity (Wildman–Crippen MR) is 83.1 cm³/mol.